The van der Waals surface area contributed by atoms with E-state index in [1.807, 2.05) is 36.4 Å². The molecular weight excluding hydrogens is 305 g/mol. The molecule has 0 aromatic heterocycles. The normalized spacial score (nSPS) is 18.8. The van der Waals surface area contributed by atoms with E-state index < -0.39 is 0 Å². The second kappa shape index (κ2) is 4.91. The third-order valence-corrected chi connectivity index (χ3v) is 5.06. The highest BCUT2D eigenvalue weighted by atomic mass is 35.5. The van der Waals surface area contributed by atoms with Gasteiger partial charge in [0.2, 0.25) is 0 Å². The van der Waals surface area contributed by atoms with Crippen LogP contribution in [0.25, 0.3) is 0 Å². The zero-order valence-electron chi connectivity index (χ0n) is 11.5. The predicted octanol–water partition coefficient (Wildman–Crippen LogP) is 4.77. The van der Waals surface area contributed by atoms with E-state index in [-0.39, 0.29) is 5.41 Å². The van der Waals surface area contributed by atoms with Crippen LogP contribution in [0, 0.1) is 0 Å². The number of hydrogen-bond acceptors (Lipinski definition) is 2. The first kappa shape index (κ1) is 13.4. The lowest BCUT2D eigenvalue weighted by atomic mass is 9.67. The van der Waals surface area contributed by atoms with Crippen LogP contribution < -0.4 is 10.1 Å². The maximum atomic E-state index is 6.24. The Morgan fingerprint density at radius 2 is 1.38 bits per heavy atom. The molecule has 0 aliphatic carbocycles. The molecule has 108 valence electrons. The van der Waals surface area contributed by atoms with Gasteiger partial charge < -0.3 is 10.1 Å². The highest BCUT2D eigenvalue weighted by Crippen LogP contribution is 2.53. The van der Waals surface area contributed by atoms with Gasteiger partial charge in [0.25, 0.3) is 0 Å². The molecule has 0 amide bonds. The van der Waals surface area contributed by atoms with Crippen LogP contribution in [-0.2, 0) is 5.41 Å². The van der Waals surface area contributed by atoms with Gasteiger partial charge in [0.05, 0.1) is 0 Å². The largest absolute Gasteiger partial charge is 0.457 e. The smallest absolute Gasteiger partial charge is 0.131 e. The van der Waals surface area contributed by atoms with Crippen molar-refractivity contribution in [3.63, 3.8) is 0 Å². The fourth-order valence-electron chi connectivity index (χ4n) is 3.59. The Balaban J connectivity index is 1.99. The zero-order chi connectivity index (χ0) is 14.4. The van der Waals surface area contributed by atoms with Crippen LogP contribution in [0.3, 0.4) is 0 Å². The van der Waals surface area contributed by atoms with Crippen LogP contribution in [0.1, 0.15) is 24.0 Å². The van der Waals surface area contributed by atoms with E-state index in [0.29, 0.717) is 0 Å². The van der Waals surface area contributed by atoms with Gasteiger partial charge in [-0.2, -0.15) is 0 Å². The van der Waals surface area contributed by atoms with Gasteiger partial charge in [-0.3, -0.25) is 0 Å². The lowest BCUT2D eigenvalue weighted by Gasteiger charge is -2.43. The van der Waals surface area contributed by atoms with Crippen molar-refractivity contribution in [1.82, 2.24) is 5.32 Å². The minimum Gasteiger partial charge on any atom is -0.457 e. The number of halogens is 2. The van der Waals surface area contributed by atoms with Gasteiger partial charge in [-0.1, -0.05) is 23.2 Å². The SMILES string of the molecule is Clc1ccc2c(c1)C1(CCNCC1)c1cc(Cl)ccc1O2. The molecule has 1 spiro atoms. The van der Waals surface area contributed by atoms with Crippen molar-refractivity contribution in [2.75, 3.05) is 13.1 Å². The first-order valence-electron chi connectivity index (χ1n) is 7.18. The first-order chi connectivity index (χ1) is 10.2. The van der Waals surface area contributed by atoms with Crippen LogP contribution in [0.4, 0.5) is 0 Å². The molecule has 4 heteroatoms. The van der Waals surface area contributed by atoms with Gasteiger partial charge in [0.1, 0.15) is 11.5 Å². The quantitative estimate of drug-likeness (QED) is 0.755. The molecule has 0 radical (unpaired) electrons. The van der Waals surface area contributed by atoms with Crippen LogP contribution in [0.5, 0.6) is 11.5 Å². The first-order valence-corrected chi connectivity index (χ1v) is 7.93. The fraction of sp³-hybridized carbons (Fsp3) is 0.294. The van der Waals surface area contributed by atoms with Crippen molar-refractivity contribution >= 4 is 23.2 Å². The summed E-state index contributed by atoms with van der Waals surface area (Å²) in [7, 11) is 0. The molecule has 1 N–H and O–H groups in total. The maximum Gasteiger partial charge on any atom is 0.131 e. The second-order valence-corrected chi connectivity index (χ2v) is 6.59. The Morgan fingerprint density at radius 1 is 0.857 bits per heavy atom. The van der Waals surface area contributed by atoms with Gasteiger partial charge in [0.15, 0.2) is 0 Å². The summed E-state index contributed by atoms with van der Waals surface area (Å²) in [4.78, 5) is 0. The number of fused-ring (bicyclic) bond motifs is 4. The summed E-state index contributed by atoms with van der Waals surface area (Å²) >= 11 is 12.5. The van der Waals surface area contributed by atoms with Crippen molar-refractivity contribution in [2.45, 2.75) is 18.3 Å². The van der Waals surface area contributed by atoms with E-state index in [4.69, 9.17) is 27.9 Å². The standard InChI is InChI=1S/C17H15Cl2NO/c18-11-1-3-15-13(9-11)17(5-7-20-8-6-17)14-10-12(19)2-4-16(14)21-15/h1-4,9-10,20H,5-8H2. The molecule has 2 aromatic rings. The third-order valence-electron chi connectivity index (χ3n) is 4.59. The molecule has 2 aliphatic heterocycles. The van der Waals surface area contributed by atoms with E-state index in [2.05, 4.69) is 5.32 Å². The van der Waals surface area contributed by atoms with E-state index in [0.717, 1.165) is 47.5 Å². The van der Waals surface area contributed by atoms with Crippen LogP contribution in [0.2, 0.25) is 10.0 Å². The molecule has 1 saturated heterocycles. The number of hydrogen-bond donors (Lipinski definition) is 1. The summed E-state index contributed by atoms with van der Waals surface area (Å²) in [6, 6.07) is 11.8. The Hall–Kier alpha value is -1.22. The number of benzene rings is 2. The van der Waals surface area contributed by atoms with Crippen LogP contribution >= 0.6 is 23.2 Å². The molecule has 1 fully saturated rings. The Kier molecular flexibility index (Phi) is 3.14. The topological polar surface area (TPSA) is 21.3 Å². The Morgan fingerprint density at radius 3 is 1.90 bits per heavy atom. The van der Waals surface area contributed by atoms with Crippen molar-refractivity contribution < 1.29 is 4.74 Å². The van der Waals surface area contributed by atoms with Gasteiger partial charge in [-0.15, -0.1) is 0 Å². The predicted molar refractivity (Wildman–Crippen MR) is 85.9 cm³/mol. The molecule has 0 atom stereocenters. The highest BCUT2D eigenvalue weighted by molar-refractivity contribution is 6.31. The molecule has 0 bridgehead atoms. The van der Waals surface area contributed by atoms with E-state index >= 15 is 0 Å². The fourth-order valence-corrected chi connectivity index (χ4v) is 3.93. The molecule has 0 saturated carbocycles. The summed E-state index contributed by atoms with van der Waals surface area (Å²) in [6.07, 6.45) is 2.05. The lowest BCUT2D eigenvalue weighted by molar-refractivity contribution is 0.318. The average Bonchev–Trinajstić information content (AvgIpc) is 2.50. The zero-order valence-corrected chi connectivity index (χ0v) is 13.0. The van der Waals surface area contributed by atoms with E-state index in [9.17, 15) is 0 Å². The number of ether oxygens (including phenoxy) is 1. The molecule has 2 nitrogen and oxygen atoms in total. The summed E-state index contributed by atoms with van der Waals surface area (Å²) in [5, 5.41) is 4.94. The summed E-state index contributed by atoms with van der Waals surface area (Å²) in [5.41, 5.74) is 2.32. The van der Waals surface area contributed by atoms with Crippen molar-refractivity contribution in [2.24, 2.45) is 0 Å². The molecule has 2 heterocycles. The van der Waals surface area contributed by atoms with Crippen molar-refractivity contribution in [3.8, 4) is 11.5 Å². The summed E-state index contributed by atoms with van der Waals surface area (Å²) in [6.45, 7) is 1.97. The summed E-state index contributed by atoms with van der Waals surface area (Å²) in [5.74, 6) is 1.83. The molecule has 21 heavy (non-hydrogen) atoms. The Labute approximate surface area is 134 Å². The summed E-state index contributed by atoms with van der Waals surface area (Å²) < 4.78 is 6.08. The molecule has 0 unspecified atom stereocenters. The van der Waals surface area contributed by atoms with Crippen LogP contribution in [0.15, 0.2) is 36.4 Å². The molecule has 4 rings (SSSR count). The second-order valence-electron chi connectivity index (χ2n) is 5.72. The van der Waals surface area contributed by atoms with Gasteiger partial charge in [0, 0.05) is 26.6 Å². The lowest BCUT2D eigenvalue weighted by Crippen LogP contribution is -2.42. The van der Waals surface area contributed by atoms with Crippen LogP contribution in [-0.4, -0.2) is 13.1 Å². The maximum absolute atomic E-state index is 6.24. The highest BCUT2D eigenvalue weighted by Gasteiger charge is 2.43. The number of nitrogens with one attached hydrogen (secondary N) is 1. The minimum atomic E-state index is -0.0516. The monoisotopic (exact) mass is 319 g/mol. The molecule has 2 aromatic carbocycles. The molecule has 2 aliphatic rings. The van der Waals surface area contributed by atoms with Gasteiger partial charge in [-0.05, 0) is 62.3 Å². The van der Waals surface area contributed by atoms with Gasteiger partial charge >= 0.3 is 0 Å². The van der Waals surface area contributed by atoms with Gasteiger partial charge in [-0.25, -0.2) is 0 Å². The van der Waals surface area contributed by atoms with Crippen molar-refractivity contribution in [1.29, 1.82) is 0 Å². The van der Waals surface area contributed by atoms with E-state index in [1.165, 1.54) is 11.1 Å². The Bertz CT molecular complexity index is 654. The van der Waals surface area contributed by atoms with E-state index in [1.54, 1.807) is 0 Å². The minimum absolute atomic E-state index is 0.0516. The number of piperidine rings is 1. The average molecular weight is 320 g/mol. The molecular formula is C17H15Cl2NO. The van der Waals surface area contributed by atoms with Crippen molar-refractivity contribution in [3.05, 3.63) is 57.6 Å². The third kappa shape index (κ3) is 2.05. The number of rotatable bonds is 0.